The van der Waals surface area contributed by atoms with Crippen molar-refractivity contribution in [2.45, 2.75) is 0 Å². The SMILES string of the molecule is COc1cc2oc(Br)cc2cc1C(=O)O. The van der Waals surface area contributed by atoms with Gasteiger partial charge in [-0.2, -0.15) is 0 Å². The summed E-state index contributed by atoms with van der Waals surface area (Å²) in [7, 11) is 1.42. The summed E-state index contributed by atoms with van der Waals surface area (Å²) in [5.41, 5.74) is 0.710. The first-order chi connectivity index (χ1) is 7.11. The van der Waals surface area contributed by atoms with Crippen LogP contribution in [0, 0.1) is 0 Å². The Morgan fingerprint density at radius 3 is 2.80 bits per heavy atom. The van der Waals surface area contributed by atoms with Crippen molar-refractivity contribution in [2.75, 3.05) is 7.11 Å². The standard InChI is InChI=1S/C10H7BrO4/c1-14-8-4-7-5(3-9(11)15-7)2-6(8)10(12)13/h2-4H,1H3,(H,12,13). The normalized spacial score (nSPS) is 10.5. The van der Waals surface area contributed by atoms with Gasteiger partial charge in [0.05, 0.1) is 7.11 Å². The zero-order chi connectivity index (χ0) is 11.0. The maximum atomic E-state index is 10.9. The number of hydrogen-bond donors (Lipinski definition) is 1. The smallest absolute Gasteiger partial charge is 0.339 e. The number of rotatable bonds is 2. The molecule has 0 aliphatic carbocycles. The van der Waals surface area contributed by atoms with Crippen molar-refractivity contribution in [1.82, 2.24) is 0 Å². The van der Waals surface area contributed by atoms with Crippen LogP contribution in [0.25, 0.3) is 11.0 Å². The monoisotopic (exact) mass is 270 g/mol. The van der Waals surface area contributed by atoms with Crippen molar-refractivity contribution in [3.05, 3.63) is 28.4 Å². The third kappa shape index (κ3) is 1.70. The van der Waals surface area contributed by atoms with E-state index in [1.807, 2.05) is 0 Å². The molecule has 2 aromatic rings. The van der Waals surface area contributed by atoms with E-state index < -0.39 is 5.97 Å². The molecule has 0 spiro atoms. The summed E-state index contributed by atoms with van der Waals surface area (Å²) in [5.74, 6) is -0.733. The zero-order valence-electron chi connectivity index (χ0n) is 7.78. The number of fused-ring (bicyclic) bond motifs is 1. The second kappa shape index (κ2) is 3.58. The number of benzene rings is 1. The van der Waals surface area contributed by atoms with Crippen LogP contribution in [0.4, 0.5) is 0 Å². The van der Waals surface area contributed by atoms with Gasteiger partial charge in [-0.05, 0) is 28.1 Å². The summed E-state index contributed by atoms with van der Waals surface area (Å²) in [6, 6.07) is 4.79. The molecule has 4 nitrogen and oxygen atoms in total. The number of ether oxygens (including phenoxy) is 1. The van der Waals surface area contributed by atoms with Crippen LogP contribution in [-0.2, 0) is 0 Å². The molecule has 0 saturated heterocycles. The van der Waals surface area contributed by atoms with Gasteiger partial charge in [-0.25, -0.2) is 4.79 Å². The molecule has 1 heterocycles. The van der Waals surface area contributed by atoms with Gasteiger partial charge in [0.25, 0.3) is 0 Å². The molecule has 0 fully saturated rings. The fraction of sp³-hybridized carbons (Fsp3) is 0.100. The van der Waals surface area contributed by atoms with Gasteiger partial charge in [0.2, 0.25) is 0 Å². The van der Waals surface area contributed by atoms with E-state index in [-0.39, 0.29) is 11.3 Å². The van der Waals surface area contributed by atoms with Gasteiger partial charge < -0.3 is 14.3 Å². The molecule has 0 bridgehead atoms. The highest BCUT2D eigenvalue weighted by Crippen LogP contribution is 2.30. The van der Waals surface area contributed by atoms with Gasteiger partial charge >= 0.3 is 5.97 Å². The molecule has 0 amide bonds. The molecule has 1 aromatic carbocycles. The predicted molar refractivity (Wildman–Crippen MR) is 57.4 cm³/mol. The quantitative estimate of drug-likeness (QED) is 0.912. The van der Waals surface area contributed by atoms with Crippen molar-refractivity contribution in [3.63, 3.8) is 0 Å². The maximum Gasteiger partial charge on any atom is 0.339 e. The van der Waals surface area contributed by atoms with Gasteiger partial charge in [0.15, 0.2) is 4.67 Å². The van der Waals surface area contributed by atoms with E-state index in [0.29, 0.717) is 10.3 Å². The molecule has 0 atom stereocenters. The van der Waals surface area contributed by atoms with Crippen molar-refractivity contribution in [2.24, 2.45) is 0 Å². The van der Waals surface area contributed by atoms with Crippen LogP contribution in [0.2, 0.25) is 0 Å². The summed E-state index contributed by atoms with van der Waals surface area (Å²) in [5, 5.41) is 9.66. The molecule has 0 saturated carbocycles. The Balaban J connectivity index is 2.73. The Morgan fingerprint density at radius 1 is 1.47 bits per heavy atom. The lowest BCUT2D eigenvalue weighted by Crippen LogP contribution is -1.99. The van der Waals surface area contributed by atoms with Gasteiger partial charge in [0.1, 0.15) is 16.9 Å². The average molecular weight is 271 g/mol. The Morgan fingerprint density at radius 2 is 2.20 bits per heavy atom. The van der Waals surface area contributed by atoms with Crippen LogP contribution in [0.3, 0.4) is 0 Å². The van der Waals surface area contributed by atoms with Gasteiger partial charge in [0, 0.05) is 11.5 Å². The number of carboxylic acid groups (broad SMARTS) is 1. The van der Waals surface area contributed by atoms with Crippen LogP contribution in [-0.4, -0.2) is 18.2 Å². The minimum Gasteiger partial charge on any atom is -0.496 e. The average Bonchev–Trinajstić information content (AvgIpc) is 2.54. The number of furan rings is 1. The number of aromatic carboxylic acids is 1. The highest BCUT2D eigenvalue weighted by atomic mass is 79.9. The Bertz CT molecular complexity index is 529. The predicted octanol–water partition coefficient (Wildman–Crippen LogP) is 2.90. The van der Waals surface area contributed by atoms with Crippen LogP contribution >= 0.6 is 15.9 Å². The summed E-state index contributed by atoms with van der Waals surface area (Å²) in [4.78, 5) is 10.9. The van der Waals surface area contributed by atoms with Crippen LogP contribution in [0.5, 0.6) is 5.75 Å². The molecule has 0 aliphatic heterocycles. The topological polar surface area (TPSA) is 59.7 Å². The molecular weight excluding hydrogens is 264 g/mol. The summed E-state index contributed by atoms with van der Waals surface area (Å²) in [6.45, 7) is 0. The fourth-order valence-corrected chi connectivity index (χ4v) is 1.79. The van der Waals surface area contributed by atoms with E-state index in [1.54, 1.807) is 12.1 Å². The number of carbonyl (C=O) groups is 1. The van der Waals surface area contributed by atoms with Crippen LogP contribution in [0.15, 0.2) is 27.3 Å². The van der Waals surface area contributed by atoms with Gasteiger partial charge in [-0.1, -0.05) is 0 Å². The van der Waals surface area contributed by atoms with Crippen LogP contribution < -0.4 is 4.74 Å². The second-order valence-electron chi connectivity index (χ2n) is 2.95. The van der Waals surface area contributed by atoms with E-state index in [2.05, 4.69) is 15.9 Å². The Hall–Kier alpha value is -1.49. The summed E-state index contributed by atoms with van der Waals surface area (Å²) < 4.78 is 10.8. The first-order valence-electron chi connectivity index (χ1n) is 4.12. The molecule has 5 heteroatoms. The van der Waals surface area contributed by atoms with E-state index in [4.69, 9.17) is 14.3 Å². The van der Waals surface area contributed by atoms with Crippen molar-refractivity contribution >= 4 is 32.9 Å². The highest BCUT2D eigenvalue weighted by Gasteiger charge is 2.14. The zero-order valence-corrected chi connectivity index (χ0v) is 9.37. The number of methoxy groups -OCH3 is 1. The van der Waals surface area contributed by atoms with Crippen LogP contribution in [0.1, 0.15) is 10.4 Å². The van der Waals surface area contributed by atoms with Crippen molar-refractivity contribution in [1.29, 1.82) is 0 Å². The largest absolute Gasteiger partial charge is 0.496 e. The molecule has 0 aliphatic rings. The summed E-state index contributed by atoms with van der Waals surface area (Å²) >= 11 is 3.18. The molecule has 1 aromatic heterocycles. The van der Waals surface area contributed by atoms with E-state index in [9.17, 15) is 4.79 Å². The Kier molecular flexibility index (Phi) is 2.40. The molecule has 78 valence electrons. The lowest BCUT2D eigenvalue weighted by molar-refractivity contribution is 0.0693. The fourth-order valence-electron chi connectivity index (χ4n) is 1.37. The van der Waals surface area contributed by atoms with E-state index in [0.717, 1.165) is 5.39 Å². The number of carboxylic acids is 1. The molecule has 0 unspecified atom stereocenters. The van der Waals surface area contributed by atoms with E-state index >= 15 is 0 Å². The first-order valence-corrected chi connectivity index (χ1v) is 4.91. The van der Waals surface area contributed by atoms with E-state index in [1.165, 1.54) is 13.2 Å². The lowest BCUT2D eigenvalue weighted by Gasteiger charge is -2.03. The maximum absolute atomic E-state index is 10.9. The molecular formula is C10H7BrO4. The second-order valence-corrected chi connectivity index (χ2v) is 3.73. The first kappa shape index (κ1) is 10.0. The number of hydrogen-bond acceptors (Lipinski definition) is 3. The summed E-state index contributed by atoms with van der Waals surface area (Å²) in [6.07, 6.45) is 0. The minimum atomic E-state index is -1.02. The molecule has 2 rings (SSSR count). The third-order valence-corrected chi connectivity index (χ3v) is 2.43. The minimum absolute atomic E-state index is 0.123. The molecule has 0 radical (unpaired) electrons. The van der Waals surface area contributed by atoms with Crippen molar-refractivity contribution in [3.8, 4) is 5.75 Å². The molecule has 15 heavy (non-hydrogen) atoms. The van der Waals surface area contributed by atoms with Crippen molar-refractivity contribution < 1.29 is 19.1 Å². The molecule has 1 N–H and O–H groups in total. The highest BCUT2D eigenvalue weighted by molar-refractivity contribution is 9.10. The van der Waals surface area contributed by atoms with Gasteiger partial charge in [-0.3, -0.25) is 0 Å². The third-order valence-electron chi connectivity index (χ3n) is 2.04. The lowest BCUT2D eigenvalue weighted by atomic mass is 10.1. The number of halogens is 1. The van der Waals surface area contributed by atoms with Gasteiger partial charge in [-0.15, -0.1) is 0 Å². The Labute approximate surface area is 93.6 Å².